The fourth-order valence-electron chi connectivity index (χ4n) is 3.48. The molecular weight excluding hydrogens is 411 g/mol. The van der Waals surface area contributed by atoms with Gasteiger partial charge in [-0.25, -0.2) is 9.37 Å². The van der Waals surface area contributed by atoms with E-state index in [0.717, 1.165) is 46.4 Å². The highest BCUT2D eigenvalue weighted by atomic mass is 79.9. The molecule has 0 radical (unpaired) electrons. The number of benzene rings is 2. The highest BCUT2D eigenvalue weighted by Crippen LogP contribution is 2.25. The van der Waals surface area contributed by atoms with Crippen LogP contribution in [0.3, 0.4) is 0 Å². The number of fused-ring (bicyclic) bond motifs is 1. The fraction of sp³-hybridized carbons (Fsp3) is 0.300. The maximum atomic E-state index is 13.3. The van der Waals surface area contributed by atoms with Gasteiger partial charge in [0.25, 0.3) is 0 Å². The van der Waals surface area contributed by atoms with E-state index in [1.807, 2.05) is 24.3 Å². The lowest BCUT2D eigenvalue weighted by Gasteiger charge is -2.31. The van der Waals surface area contributed by atoms with Crippen molar-refractivity contribution in [3.05, 3.63) is 58.3 Å². The number of carbonyl (C=O) groups excluding carboxylic acids is 1. The van der Waals surface area contributed by atoms with Gasteiger partial charge < -0.3 is 15.2 Å². The number of amides is 1. The van der Waals surface area contributed by atoms with Gasteiger partial charge >= 0.3 is 0 Å². The van der Waals surface area contributed by atoms with Crippen LogP contribution in [0.25, 0.3) is 11.0 Å². The highest BCUT2D eigenvalue weighted by Gasteiger charge is 2.27. The standard InChI is InChI=1S/C20H20BrFN4O/c21-15-6-7-17-18(10-15)25-20(24-17)26-8-2-4-14(12-26)19(27)23-11-13-3-1-5-16(22)9-13/h1,3,5-7,9-10,14H,2,4,8,11-12H2,(H,23,27)(H,24,25)/t14-/m1/s1. The third-order valence-corrected chi connectivity index (χ3v) is 5.37. The second-order valence-corrected chi connectivity index (χ2v) is 7.77. The Morgan fingerprint density at radius 2 is 2.22 bits per heavy atom. The van der Waals surface area contributed by atoms with Crippen LogP contribution in [-0.4, -0.2) is 29.0 Å². The molecule has 7 heteroatoms. The van der Waals surface area contributed by atoms with E-state index in [-0.39, 0.29) is 17.6 Å². The Kier molecular flexibility index (Phi) is 5.11. The predicted molar refractivity (Wildman–Crippen MR) is 107 cm³/mol. The van der Waals surface area contributed by atoms with Crippen LogP contribution < -0.4 is 10.2 Å². The molecule has 1 aliphatic heterocycles. The van der Waals surface area contributed by atoms with Gasteiger partial charge in [-0.3, -0.25) is 4.79 Å². The van der Waals surface area contributed by atoms with E-state index in [1.54, 1.807) is 6.07 Å². The summed E-state index contributed by atoms with van der Waals surface area (Å²) in [6.07, 6.45) is 1.77. The zero-order valence-electron chi connectivity index (χ0n) is 14.7. The molecule has 2 aromatic carbocycles. The van der Waals surface area contributed by atoms with Crippen molar-refractivity contribution in [2.75, 3.05) is 18.0 Å². The van der Waals surface area contributed by atoms with Gasteiger partial charge in [0.2, 0.25) is 11.9 Å². The van der Waals surface area contributed by atoms with Crippen LogP contribution in [0.2, 0.25) is 0 Å². The van der Waals surface area contributed by atoms with E-state index >= 15 is 0 Å². The number of piperidine rings is 1. The smallest absolute Gasteiger partial charge is 0.225 e. The number of aromatic amines is 1. The van der Waals surface area contributed by atoms with Gasteiger partial charge in [-0.1, -0.05) is 28.1 Å². The molecule has 5 nitrogen and oxygen atoms in total. The van der Waals surface area contributed by atoms with Crippen molar-refractivity contribution in [1.82, 2.24) is 15.3 Å². The lowest BCUT2D eigenvalue weighted by atomic mass is 9.97. The third kappa shape index (κ3) is 4.13. The Morgan fingerprint density at radius 1 is 1.33 bits per heavy atom. The summed E-state index contributed by atoms with van der Waals surface area (Å²) in [6.45, 7) is 1.83. The van der Waals surface area contributed by atoms with Crippen molar-refractivity contribution in [2.45, 2.75) is 19.4 Å². The number of halogens is 2. The number of aromatic nitrogens is 2. The molecule has 2 N–H and O–H groups in total. The molecule has 1 atom stereocenters. The molecule has 3 aromatic rings. The zero-order chi connectivity index (χ0) is 18.8. The Labute approximate surface area is 165 Å². The van der Waals surface area contributed by atoms with E-state index in [2.05, 4.69) is 36.1 Å². The summed E-state index contributed by atoms with van der Waals surface area (Å²) in [4.78, 5) is 22.7. The minimum Gasteiger partial charge on any atom is -0.352 e. The maximum Gasteiger partial charge on any atom is 0.225 e. The van der Waals surface area contributed by atoms with Crippen LogP contribution in [0.15, 0.2) is 46.9 Å². The van der Waals surface area contributed by atoms with E-state index in [0.29, 0.717) is 13.1 Å². The van der Waals surface area contributed by atoms with Gasteiger partial charge in [0.05, 0.1) is 17.0 Å². The molecule has 1 aliphatic rings. The summed E-state index contributed by atoms with van der Waals surface area (Å²) in [7, 11) is 0. The molecule has 1 aromatic heterocycles. The summed E-state index contributed by atoms with van der Waals surface area (Å²) in [5, 5.41) is 2.93. The normalized spacial score (nSPS) is 17.3. The average Bonchev–Trinajstić information content (AvgIpc) is 3.09. The number of hydrogen-bond donors (Lipinski definition) is 2. The first-order valence-electron chi connectivity index (χ1n) is 9.01. The first-order valence-corrected chi connectivity index (χ1v) is 9.80. The summed E-state index contributed by atoms with van der Waals surface area (Å²) in [5.74, 6) is 0.405. The Balaban J connectivity index is 1.41. The lowest BCUT2D eigenvalue weighted by Crippen LogP contribution is -2.43. The molecular formula is C20H20BrFN4O. The molecule has 1 amide bonds. The Morgan fingerprint density at radius 3 is 3.07 bits per heavy atom. The van der Waals surface area contributed by atoms with E-state index in [1.165, 1.54) is 12.1 Å². The van der Waals surface area contributed by atoms with Gasteiger partial charge in [-0.2, -0.15) is 0 Å². The summed E-state index contributed by atoms with van der Waals surface area (Å²) >= 11 is 3.47. The van der Waals surface area contributed by atoms with Crippen molar-refractivity contribution in [2.24, 2.45) is 5.92 Å². The molecule has 2 heterocycles. The molecule has 4 rings (SSSR count). The Hall–Kier alpha value is -2.41. The molecule has 1 fully saturated rings. The SMILES string of the molecule is O=C(NCc1cccc(F)c1)[C@@H]1CCCN(c2nc3ccc(Br)cc3[nH]2)C1. The van der Waals surface area contributed by atoms with Gasteiger partial charge in [0.15, 0.2) is 0 Å². The average molecular weight is 431 g/mol. The molecule has 140 valence electrons. The van der Waals surface area contributed by atoms with Crippen LogP contribution >= 0.6 is 15.9 Å². The van der Waals surface area contributed by atoms with Crippen LogP contribution in [0.4, 0.5) is 10.3 Å². The van der Waals surface area contributed by atoms with Crippen molar-refractivity contribution in [1.29, 1.82) is 0 Å². The van der Waals surface area contributed by atoms with E-state index < -0.39 is 0 Å². The van der Waals surface area contributed by atoms with E-state index in [4.69, 9.17) is 0 Å². The Bertz CT molecular complexity index is 974. The van der Waals surface area contributed by atoms with Crippen LogP contribution in [0.1, 0.15) is 18.4 Å². The topological polar surface area (TPSA) is 61.0 Å². The molecule has 1 saturated heterocycles. The predicted octanol–water partition coefficient (Wildman–Crippen LogP) is 4.00. The molecule has 0 aliphatic carbocycles. The first-order chi connectivity index (χ1) is 13.1. The van der Waals surface area contributed by atoms with Crippen LogP contribution in [0, 0.1) is 11.7 Å². The quantitative estimate of drug-likeness (QED) is 0.657. The number of nitrogens with zero attached hydrogens (tertiary/aromatic N) is 2. The van der Waals surface area contributed by atoms with Crippen molar-refractivity contribution in [3.63, 3.8) is 0 Å². The van der Waals surface area contributed by atoms with Gasteiger partial charge in [-0.15, -0.1) is 0 Å². The molecule has 0 bridgehead atoms. The van der Waals surface area contributed by atoms with Gasteiger partial charge in [0.1, 0.15) is 5.82 Å². The van der Waals surface area contributed by atoms with Crippen molar-refractivity contribution in [3.8, 4) is 0 Å². The third-order valence-electron chi connectivity index (χ3n) is 4.88. The van der Waals surface area contributed by atoms with Gasteiger partial charge in [-0.05, 0) is 48.7 Å². The zero-order valence-corrected chi connectivity index (χ0v) is 16.3. The van der Waals surface area contributed by atoms with Crippen LogP contribution in [0.5, 0.6) is 0 Å². The second kappa shape index (κ2) is 7.68. The minimum absolute atomic E-state index is 0.00261. The molecule has 0 spiro atoms. The largest absolute Gasteiger partial charge is 0.352 e. The monoisotopic (exact) mass is 430 g/mol. The molecule has 0 saturated carbocycles. The number of hydrogen-bond acceptors (Lipinski definition) is 3. The molecule has 0 unspecified atom stereocenters. The minimum atomic E-state index is -0.290. The summed E-state index contributed by atoms with van der Waals surface area (Å²) in [6, 6.07) is 12.2. The number of imidazole rings is 1. The lowest BCUT2D eigenvalue weighted by molar-refractivity contribution is -0.125. The number of anilines is 1. The summed E-state index contributed by atoms with van der Waals surface area (Å²) < 4.78 is 14.3. The summed E-state index contributed by atoms with van der Waals surface area (Å²) in [5.41, 5.74) is 2.64. The number of nitrogens with one attached hydrogen (secondary N) is 2. The molecule has 27 heavy (non-hydrogen) atoms. The van der Waals surface area contributed by atoms with Crippen LogP contribution in [-0.2, 0) is 11.3 Å². The number of carbonyl (C=O) groups is 1. The van der Waals surface area contributed by atoms with Crippen molar-refractivity contribution < 1.29 is 9.18 Å². The number of rotatable bonds is 4. The second-order valence-electron chi connectivity index (χ2n) is 6.85. The van der Waals surface area contributed by atoms with E-state index in [9.17, 15) is 9.18 Å². The number of H-pyrrole nitrogens is 1. The first kappa shape index (κ1) is 18.0. The highest BCUT2D eigenvalue weighted by molar-refractivity contribution is 9.10. The van der Waals surface area contributed by atoms with Crippen molar-refractivity contribution >= 4 is 38.8 Å². The maximum absolute atomic E-state index is 13.3. The fourth-order valence-corrected chi connectivity index (χ4v) is 3.84. The van der Waals surface area contributed by atoms with Gasteiger partial charge in [0, 0.05) is 24.1 Å².